The Labute approximate surface area is 92.2 Å². The zero-order valence-corrected chi connectivity index (χ0v) is 8.31. The molecular weight excluding hydrogens is 205 g/mol. The molecule has 0 saturated heterocycles. The predicted molar refractivity (Wildman–Crippen MR) is 58.6 cm³/mol. The standard InChI is InChI=1S/C12H8FN3/c13-9-2-1-3-10(6-9)16-11-4-5-15-12(7-11)8-14/h1-7H,(H,15,16). The van der Waals surface area contributed by atoms with Gasteiger partial charge in [0.05, 0.1) is 0 Å². The molecule has 0 bridgehead atoms. The zero-order valence-electron chi connectivity index (χ0n) is 8.31. The van der Waals surface area contributed by atoms with Gasteiger partial charge in [-0.2, -0.15) is 5.26 Å². The molecule has 16 heavy (non-hydrogen) atoms. The van der Waals surface area contributed by atoms with Crippen molar-refractivity contribution in [3.05, 3.63) is 54.1 Å². The first kappa shape index (κ1) is 10.1. The highest BCUT2D eigenvalue weighted by atomic mass is 19.1. The topological polar surface area (TPSA) is 48.7 Å². The van der Waals surface area contributed by atoms with Crippen molar-refractivity contribution in [3.8, 4) is 6.07 Å². The van der Waals surface area contributed by atoms with E-state index in [2.05, 4.69) is 10.3 Å². The highest BCUT2D eigenvalue weighted by Crippen LogP contribution is 2.17. The van der Waals surface area contributed by atoms with Crippen molar-refractivity contribution in [2.45, 2.75) is 0 Å². The first-order valence-electron chi connectivity index (χ1n) is 4.67. The third kappa shape index (κ3) is 2.34. The minimum atomic E-state index is -0.306. The molecule has 0 atom stereocenters. The van der Waals surface area contributed by atoms with Crippen molar-refractivity contribution in [1.29, 1.82) is 5.26 Å². The molecule has 0 saturated carbocycles. The first-order valence-corrected chi connectivity index (χ1v) is 4.67. The van der Waals surface area contributed by atoms with E-state index in [-0.39, 0.29) is 5.82 Å². The fourth-order valence-electron chi connectivity index (χ4n) is 1.30. The summed E-state index contributed by atoms with van der Waals surface area (Å²) in [6, 6.07) is 11.4. The molecule has 0 spiro atoms. The maximum atomic E-state index is 12.9. The van der Waals surface area contributed by atoms with E-state index >= 15 is 0 Å². The van der Waals surface area contributed by atoms with E-state index in [9.17, 15) is 4.39 Å². The number of nitrogens with one attached hydrogen (secondary N) is 1. The maximum absolute atomic E-state index is 12.9. The van der Waals surface area contributed by atoms with Gasteiger partial charge < -0.3 is 5.32 Å². The van der Waals surface area contributed by atoms with Gasteiger partial charge in [-0.3, -0.25) is 0 Å². The van der Waals surface area contributed by atoms with Crippen LogP contribution in [-0.2, 0) is 0 Å². The van der Waals surface area contributed by atoms with Crippen LogP contribution in [0.25, 0.3) is 0 Å². The molecule has 0 aliphatic heterocycles. The molecule has 0 radical (unpaired) electrons. The molecule has 1 aromatic carbocycles. The molecule has 2 rings (SSSR count). The highest BCUT2D eigenvalue weighted by molar-refractivity contribution is 5.60. The lowest BCUT2D eigenvalue weighted by Gasteiger charge is -2.05. The summed E-state index contributed by atoms with van der Waals surface area (Å²) < 4.78 is 12.9. The second-order valence-electron chi connectivity index (χ2n) is 3.18. The van der Waals surface area contributed by atoms with E-state index in [4.69, 9.17) is 5.26 Å². The van der Waals surface area contributed by atoms with Crippen LogP contribution in [0.3, 0.4) is 0 Å². The number of benzene rings is 1. The average Bonchev–Trinajstić information content (AvgIpc) is 2.29. The Hall–Kier alpha value is -2.41. The van der Waals surface area contributed by atoms with Gasteiger partial charge in [0, 0.05) is 17.6 Å². The number of nitrogens with zero attached hydrogens (tertiary/aromatic N) is 2. The minimum absolute atomic E-state index is 0.306. The summed E-state index contributed by atoms with van der Waals surface area (Å²) in [6.45, 7) is 0. The largest absolute Gasteiger partial charge is 0.355 e. The number of pyridine rings is 1. The van der Waals surface area contributed by atoms with Gasteiger partial charge in [0.15, 0.2) is 0 Å². The predicted octanol–water partition coefficient (Wildman–Crippen LogP) is 2.84. The van der Waals surface area contributed by atoms with E-state index in [1.165, 1.54) is 18.3 Å². The number of rotatable bonds is 2. The fourth-order valence-corrected chi connectivity index (χ4v) is 1.30. The van der Waals surface area contributed by atoms with Crippen LogP contribution in [0, 0.1) is 17.1 Å². The van der Waals surface area contributed by atoms with Gasteiger partial charge in [0.2, 0.25) is 0 Å². The minimum Gasteiger partial charge on any atom is -0.355 e. The monoisotopic (exact) mass is 213 g/mol. The summed E-state index contributed by atoms with van der Waals surface area (Å²) in [5, 5.41) is 11.7. The van der Waals surface area contributed by atoms with Crippen molar-refractivity contribution >= 4 is 11.4 Å². The van der Waals surface area contributed by atoms with Crippen LogP contribution in [0.5, 0.6) is 0 Å². The number of aromatic nitrogens is 1. The van der Waals surface area contributed by atoms with Crippen molar-refractivity contribution in [2.75, 3.05) is 5.32 Å². The van der Waals surface area contributed by atoms with E-state index in [1.807, 2.05) is 6.07 Å². The molecule has 3 nitrogen and oxygen atoms in total. The molecule has 1 heterocycles. The lowest BCUT2D eigenvalue weighted by molar-refractivity contribution is 0.628. The summed E-state index contributed by atoms with van der Waals surface area (Å²) in [5.41, 5.74) is 1.66. The van der Waals surface area contributed by atoms with Crippen molar-refractivity contribution < 1.29 is 4.39 Å². The van der Waals surface area contributed by atoms with Gasteiger partial charge in [0.1, 0.15) is 17.6 Å². The van der Waals surface area contributed by atoms with Crippen LogP contribution < -0.4 is 5.32 Å². The molecule has 2 aromatic rings. The van der Waals surface area contributed by atoms with Gasteiger partial charge in [0.25, 0.3) is 0 Å². The van der Waals surface area contributed by atoms with Crippen molar-refractivity contribution in [2.24, 2.45) is 0 Å². The van der Waals surface area contributed by atoms with Crippen molar-refractivity contribution in [3.63, 3.8) is 0 Å². The SMILES string of the molecule is N#Cc1cc(Nc2cccc(F)c2)ccn1. The van der Waals surface area contributed by atoms with Crippen LogP contribution in [0.1, 0.15) is 5.69 Å². The smallest absolute Gasteiger partial charge is 0.142 e. The third-order valence-corrected chi connectivity index (χ3v) is 1.99. The third-order valence-electron chi connectivity index (χ3n) is 1.99. The summed E-state index contributed by atoms with van der Waals surface area (Å²) in [4.78, 5) is 3.84. The fraction of sp³-hybridized carbons (Fsp3) is 0. The van der Waals surface area contributed by atoms with Crippen LogP contribution in [-0.4, -0.2) is 4.98 Å². The van der Waals surface area contributed by atoms with E-state index in [0.29, 0.717) is 17.1 Å². The van der Waals surface area contributed by atoms with E-state index in [0.717, 1.165) is 0 Å². The lowest BCUT2D eigenvalue weighted by Crippen LogP contribution is -1.92. The van der Waals surface area contributed by atoms with Crippen molar-refractivity contribution in [1.82, 2.24) is 4.98 Å². The number of halogens is 1. The Kier molecular flexibility index (Phi) is 2.79. The quantitative estimate of drug-likeness (QED) is 0.834. The molecular formula is C12H8FN3. The maximum Gasteiger partial charge on any atom is 0.142 e. The van der Waals surface area contributed by atoms with E-state index < -0.39 is 0 Å². The molecule has 0 aliphatic rings. The average molecular weight is 213 g/mol. The van der Waals surface area contributed by atoms with Crippen LogP contribution in [0.15, 0.2) is 42.6 Å². The molecule has 78 valence electrons. The Morgan fingerprint density at radius 2 is 2.00 bits per heavy atom. The normalized spacial score (nSPS) is 9.50. The van der Waals surface area contributed by atoms with Gasteiger partial charge in [-0.25, -0.2) is 9.37 Å². The molecule has 0 amide bonds. The first-order chi connectivity index (χ1) is 7.78. The zero-order chi connectivity index (χ0) is 11.4. The molecule has 0 unspecified atom stereocenters. The Bertz CT molecular complexity index is 546. The second kappa shape index (κ2) is 4.41. The lowest BCUT2D eigenvalue weighted by atomic mass is 10.2. The number of hydrogen-bond acceptors (Lipinski definition) is 3. The molecule has 4 heteroatoms. The van der Waals surface area contributed by atoms with E-state index in [1.54, 1.807) is 24.3 Å². The molecule has 1 N–H and O–H groups in total. The highest BCUT2D eigenvalue weighted by Gasteiger charge is 1.98. The molecule has 0 fully saturated rings. The summed E-state index contributed by atoms with van der Waals surface area (Å²) in [5.74, 6) is -0.306. The van der Waals surface area contributed by atoms with Gasteiger partial charge >= 0.3 is 0 Å². The molecule has 1 aromatic heterocycles. The van der Waals surface area contributed by atoms with Gasteiger partial charge in [-0.1, -0.05) is 6.07 Å². The van der Waals surface area contributed by atoms with Crippen LogP contribution in [0.2, 0.25) is 0 Å². The van der Waals surface area contributed by atoms with Crippen LogP contribution in [0.4, 0.5) is 15.8 Å². The Morgan fingerprint density at radius 3 is 2.75 bits per heavy atom. The molecule has 0 aliphatic carbocycles. The second-order valence-corrected chi connectivity index (χ2v) is 3.18. The summed E-state index contributed by atoms with van der Waals surface area (Å²) in [7, 11) is 0. The number of nitriles is 1. The summed E-state index contributed by atoms with van der Waals surface area (Å²) >= 11 is 0. The van der Waals surface area contributed by atoms with Gasteiger partial charge in [-0.05, 0) is 30.3 Å². The van der Waals surface area contributed by atoms with Crippen LogP contribution >= 0.6 is 0 Å². The number of hydrogen-bond donors (Lipinski definition) is 1. The summed E-state index contributed by atoms with van der Waals surface area (Å²) in [6.07, 6.45) is 1.53. The Morgan fingerprint density at radius 1 is 1.19 bits per heavy atom. The van der Waals surface area contributed by atoms with Gasteiger partial charge in [-0.15, -0.1) is 0 Å². The number of anilines is 2. The Balaban J connectivity index is 2.24.